The van der Waals surface area contributed by atoms with Gasteiger partial charge in [-0.25, -0.2) is 13.1 Å². The summed E-state index contributed by atoms with van der Waals surface area (Å²) in [7, 11) is -4.73. The number of aliphatic hydroxyl groups excluding tert-OH is 1. The number of sulfonamides is 1. The summed E-state index contributed by atoms with van der Waals surface area (Å²) in [6.45, 7) is 11.1. The number of fused-ring (bicyclic) bond motifs is 2. The number of aliphatic hydroxyl groups is 2. The van der Waals surface area contributed by atoms with Crippen molar-refractivity contribution in [1.82, 2.24) is 24.5 Å². The van der Waals surface area contributed by atoms with Crippen LogP contribution in [-0.2, 0) is 10.0 Å². The smallest absolute Gasteiger partial charge is 0.297 e. The summed E-state index contributed by atoms with van der Waals surface area (Å²) in [5, 5.41) is 36.8. The van der Waals surface area contributed by atoms with Crippen LogP contribution in [0.25, 0.3) is 11.0 Å². The molecule has 3 aromatic carbocycles. The van der Waals surface area contributed by atoms with E-state index in [4.69, 9.17) is 19.2 Å². The van der Waals surface area contributed by atoms with Gasteiger partial charge in [-0.1, -0.05) is 38.1 Å². The first-order valence-electron chi connectivity index (χ1n) is 26.4. The minimum Gasteiger partial charge on any atom is -0.489 e. The summed E-state index contributed by atoms with van der Waals surface area (Å²) in [4.78, 5) is 40.7. The van der Waals surface area contributed by atoms with Crippen LogP contribution >= 0.6 is 0 Å². The van der Waals surface area contributed by atoms with E-state index < -0.39 is 37.0 Å². The number of H-pyrrole nitrogens is 1. The molecule has 2 aromatic heterocycles. The number of amides is 1. The van der Waals surface area contributed by atoms with Crippen LogP contribution in [0.2, 0.25) is 0 Å². The fraction of sp³-hybridized carbons (Fsp3) is 0.527. The van der Waals surface area contributed by atoms with Gasteiger partial charge in [-0.15, -0.1) is 0 Å². The van der Waals surface area contributed by atoms with Gasteiger partial charge in [-0.2, -0.15) is 4.98 Å². The molecule has 0 bridgehead atoms. The summed E-state index contributed by atoms with van der Waals surface area (Å²) in [6, 6.07) is 20.5. The van der Waals surface area contributed by atoms with Gasteiger partial charge in [0.15, 0.2) is 17.2 Å². The zero-order valence-electron chi connectivity index (χ0n) is 42.4. The van der Waals surface area contributed by atoms with Crippen molar-refractivity contribution in [3.63, 3.8) is 0 Å². The topological polar surface area (TPSA) is 225 Å². The average Bonchev–Trinajstić information content (AvgIpc) is 4.05. The van der Waals surface area contributed by atoms with Crippen molar-refractivity contribution < 1.29 is 42.6 Å². The predicted octanol–water partition coefficient (Wildman–Crippen LogP) is 8.26. The molecule has 394 valence electrons. The molecule has 1 amide bonds. The van der Waals surface area contributed by atoms with Crippen LogP contribution in [0.1, 0.15) is 118 Å². The molecular formula is C55H68N8O10S. The number of nitrogens with one attached hydrogen (secondary N) is 3. The summed E-state index contributed by atoms with van der Waals surface area (Å²) >= 11 is 0. The Morgan fingerprint density at radius 1 is 1.00 bits per heavy atom. The van der Waals surface area contributed by atoms with Crippen molar-refractivity contribution in [3.05, 3.63) is 99.7 Å². The first kappa shape index (κ1) is 50.2. The molecule has 4 aliphatic heterocycles. The number of hydrogen-bond donors (Lipinski definition) is 5. The minimum absolute atomic E-state index is 0.0155. The second kappa shape index (κ2) is 19.9. The highest BCUT2D eigenvalue weighted by atomic mass is 32.2. The Kier molecular flexibility index (Phi) is 13.5. The number of rotatable bonds is 15. The fourth-order valence-electron chi connectivity index (χ4n) is 12.6. The molecule has 18 nitrogen and oxygen atoms in total. The Hall–Kier alpha value is -5.99. The van der Waals surface area contributed by atoms with Gasteiger partial charge >= 0.3 is 0 Å². The zero-order chi connectivity index (χ0) is 51.5. The Morgan fingerprint density at radius 3 is 2.51 bits per heavy atom. The summed E-state index contributed by atoms with van der Waals surface area (Å²) < 4.78 is 49.4. The van der Waals surface area contributed by atoms with E-state index in [2.05, 4.69) is 62.9 Å². The SMILES string of the molecule is CC(C)c1ccccc1[C@@H]1CCCN1C1CC2(CCN(c3ccc(C(=O)NS(=O)(=O)c4cc5c(c([N+](=O)[O-])c4)N[C@@H](C4CCC(C)(O)CC4)CO5)c(Oc4cc5cc[nH]c5nc4OCCN4CC(O)C4)c3)CC2)C1. The molecular weight excluding hydrogens is 965 g/mol. The average molecular weight is 1030 g/mol. The van der Waals surface area contributed by atoms with Gasteiger partial charge in [0.05, 0.1) is 33.1 Å². The second-order valence-corrected chi connectivity index (χ2v) is 24.1. The van der Waals surface area contributed by atoms with E-state index in [1.807, 2.05) is 11.0 Å². The van der Waals surface area contributed by atoms with E-state index in [-0.39, 0.29) is 71.1 Å². The van der Waals surface area contributed by atoms with Crippen LogP contribution in [0.5, 0.6) is 23.1 Å². The number of pyridine rings is 1. The van der Waals surface area contributed by atoms with E-state index in [9.17, 15) is 33.5 Å². The number of nitro benzene ring substituents is 1. The molecule has 5 aromatic rings. The maximum Gasteiger partial charge on any atom is 0.297 e. The van der Waals surface area contributed by atoms with Crippen molar-refractivity contribution in [2.24, 2.45) is 11.3 Å². The van der Waals surface area contributed by atoms with Crippen LogP contribution < -0.4 is 29.1 Å². The third-order valence-electron chi connectivity index (χ3n) is 17.0. The van der Waals surface area contributed by atoms with Crippen molar-refractivity contribution >= 4 is 44.0 Å². The Balaban J connectivity index is 0.837. The molecule has 0 unspecified atom stereocenters. The molecule has 19 heteroatoms. The summed E-state index contributed by atoms with van der Waals surface area (Å²) in [5.74, 6) is -0.0391. The molecule has 2 atom stereocenters. The van der Waals surface area contributed by atoms with Crippen LogP contribution in [0.4, 0.5) is 17.1 Å². The number of carbonyl (C=O) groups is 1. The third-order valence-corrected chi connectivity index (χ3v) is 18.3. The lowest BCUT2D eigenvalue weighted by molar-refractivity contribution is -0.384. The monoisotopic (exact) mass is 1030 g/mol. The number of aromatic nitrogens is 2. The lowest BCUT2D eigenvalue weighted by atomic mass is 9.59. The van der Waals surface area contributed by atoms with Crippen molar-refractivity contribution in [2.45, 2.75) is 126 Å². The van der Waals surface area contributed by atoms with E-state index in [1.54, 1.807) is 37.4 Å². The molecule has 3 saturated heterocycles. The lowest BCUT2D eigenvalue weighted by Gasteiger charge is -2.56. The summed E-state index contributed by atoms with van der Waals surface area (Å²) in [6.07, 6.45) is 10.7. The van der Waals surface area contributed by atoms with Crippen LogP contribution in [0.3, 0.4) is 0 Å². The van der Waals surface area contributed by atoms with Crippen LogP contribution in [0.15, 0.2) is 77.8 Å². The number of likely N-dealkylation sites (tertiary alicyclic amines) is 2. The van der Waals surface area contributed by atoms with Gasteiger partial charge in [0, 0.05) is 80.3 Å². The van der Waals surface area contributed by atoms with Gasteiger partial charge < -0.3 is 39.6 Å². The molecule has 6 aliphatic rings. The van der Waals surface area contributed by atoms with Crippen molar-refractivity contribution in [2.75, 3.05) is 62.7 Å². The standard InChI is InChI=1S/C55H68N8O10S/c1-34(2)41-7-4-5-8-42(41)45-9-6-20-62(45)38-29-55(30-38)17-21-61(22-18-55)37-10-11-43(47(26-37)73-49-25-36-14-19-56-51(36)58-53(49)71-24-23-60-31-39(64)32-60)52(65)59-74(69,70)40-27-46(63(67)68)50-48(28-40)72-33-44(57-50)35-12-15-54(3,66)16-13-35/h4-5,7-8,10-11,14,19,25-28,34-35,38-39,44-45,57,64,66H,6,9,12-13,15-18,20-24,29-33H2,1-3H3,(H,56,58)(H,59,65)/t35?,44-,45+,54?/m1/s1. The van der Waals surface area contributed by atoms with Gasteiger partial charge in [0.2, 0.25) is 0 Å². The predicted molar refractivity (Wildman–Crippen MR) is 280 cm³/mol. The minimum atomic E-state index is -4.73. The lowest BCUT2D eigenvalue weighted by Crippen LogP contribution is -2.54. The van der Waals surface area contributed by atoms with E-state index >= 15 is 0 Å². The first-order chi connectivity index (χ1) is 35.5. The Morgan fingerprint density at radius 2 is 1.77 bits per heavy atom. The highest BCUT2D eigenvalue weighted by molar-refractivity contribution is 7.90. The fourth-order valence-corrected chi connectivity index (χ4v) is 13.6. The maximum atomic E-state index is 14.4. The van der Waals surface area contributed by atoms with Gasteiger partial charge in [-0.05, 0) is 130 Å². The maximum absolute atomic E-state index is 14.4. The van der Waals surface area contributed by atoms with Gasteiger partial charge in [0.1, 0.15) is 24.6 Å². The number of piperidine rings is 1. The number of nitro groups is 1. The molecule has 11 rings (SSSR count). The molecule has 2 aliphatic carbocycles. The first-order valence-corrected chi connectivity index (χ1v) is 27.9. The number of carbonyl (C=O) groups excluding carboxylic acids is 1. The van der Waals surface area contributed by atoms with Crippen LogP contribution in [0, 0.1) is 21.4 Å². The normalized spacial score (nSPS) is 24.5. The van der Waals surface area contributed by atoms with E-state index in [0.717, 1.165) is 49.6 Å². The van der Waals surface area contributed by atoms with E-state index in [1.165, 1.54) is 42.9 Å². The quantitative estimate of drug-likeness (QED) is 0.0492. The molecule has 2 saturated carbocycles. The Bertz CT molecular complexity index is 3020. The second-order valence-electron chi connectivity index (χ2n) is 22.4. The number of β-amino-alcohol motifs (C(OH)–C–C–N with tert-alkyl or cyclic N) is 1. The number of ether oxygens (including phenoxy) is 3. The number of nitrogens with zero attached hydrogens (tertiary/aromatic N) is 5. The molecule has 5 fully saturated rings. The number of benzene rings is 3. The van der Waals surface area contributed by atoms with Gasteiger partial charge in [-0.3, -0.25) is 24.7 Å². The molecule has 1 spiro atoms. The molecule has 0 radical (unpaired) electrons. The van der Waals surface area contributed by atoms with Gasteiger partial charge in [0.25, 0.3) is 27.5 Å². The highest BCUT2D eigenvalue weighted by Crippen LogP contribution is 2.54. The van der Waals surface area contributed by atoms with Crippen molar-refractivity contribution in [3.8, 4) is 23.1 Å². The highest BCUT2D eigenvalue weighted by Gasteiger charge is 2.50. The number of aromatic amines is 1. The molecule has 74 heavy (non-hydrogen) atoms. The molecule has 6 heterocycles. The Labute approximate surface area is 432 Å². The van der Waals surface area contributed by atoms with Crippen LogP contribution in [-0.4, -0.2) is 126 Å². The zero-order valence-corrected chi connectivity index (χ0v) is 43.2. The third kappa shape index (κ3) is 10.1. The number of anilines is 2. The van der Waals surface area contributed by atoms with Crippen molar-refractivity contribution in [1.29, 1.82) is 0 Å². The molecule has 5 N–H and O–H groups in total. The van der Waals surface area contributed by atoms with E-state index in [0.29, 0.717) is 69.0 Å². The largest absolute Gasteiger partial charge is 0.489 e. The summed E-state index contributed by atoms with van der Waals surface area (Å²) in [5.41, 5.74) is 3.25. The number of hydrogen-bond acceptors (Lipinski definition) is 15.